The summed E-state index contributed by atoms with van der Waals surface area (Å²) in [6, 6.07) is -1.04. The van der Waals surface area contributed by atoms with E-state index in [9.17, 15) is 28.8 Å². The SMILES string of the molecule is C=CC(=O)OCC(COC(=O)C(=C)C)OC(=O)CCCOC(=O)C(CCCCN=C=O)N=C=O. The Hall–Kier alpha value is -3.88. The molecule has 0 heterocycles. The number of isocyanates is 2. The molecule has 0 fully saturated rings. The van der Waals surface area contributed by atoms with Crippen molar-refractivity contribution < 1.29 is 47.7 Å². The zero-order valence-electron chi connectivity index (χ0n) is 19.0. The molecule has 0 radical (unpaired) electrons. The van der Waals surface area contributed by atoms with Crippen molar-refractivity contribution in [2.75, 3.05) is 26.4 Å². The number of esters is 4. The van der Waals surface area contributed by atoms with E-state index >= 15 is 0 Å². The summed E-state index contributed by atoms with van der Waals surface area (Å²) in [5.74, 6) is -2.91. The quantitative estimate of drug-likeness (QED) is 0.0697. The molecule has 12 nitrogen and oxygen atoms in total. The lowest BCUT2D eigenvalue weighted by Crippen LogP contribution is -2.31. The van der Waals surface area contributed by atoms with Gasteiger partial charge in [-0.1, -0.05) is 13.2 Å². The highest BCUT2D eigenvalue weighted by Gasteiger charge is 2.21. The van der Waals surface area contributed by atoms with Crippen molar-refractivity contribution in [3.8, 4) is 0 Å². The summed E-state index contributed by atoms with van der Waals surface area (Å²) in [4.78, 5) is 74.2. The Balaban J connectivity index is 4.52. The predicted molar refractivity (Wildman–Crippen MR) is 116 cm³/mol. The number of hydrogen-bond donors (Lipinski definition) is 0. The molecule has 0 aromatic rings. The molecule has 0 saturated carbocycles. The van der Waals surface area contributed by atoms with Gasteiger partial charge in [0.15, 0.2) is 12.1 Å². The van der Waals surface area contributed by atoms with Crippen LogP contribution in [0.4, 0.5) is 0 Å². The Morgan fingerprint density at radius 2 is 1.71 bits per heavy atom. The number of rotatable bonds is 18. The van der Waals surface area contributed by atoms with E-state index in [2.05, 4.69) is 23.1 Å². The number of aliphatic imine (C=N–C) groups is 2. The first-order valence-corrected chi connectivity index (χ1v) is 10.3. The molecule has 0 aliphatic rings. The lowest BCUT2D eigenvalue weighted by molar-refractivity contribution is -0.164. The van der Waals surface area contributed by atoms with Gasteiger partial charge in [0.2, 0.25) is 12.2 Å². The van der Waals surface area contributed by atoms with E-state index in [1.165, 1.54) is 19.1 Å². The van der Waals surface area contributed by atoms with Gasteiger partial charge >= 0.3 is 23.9 Å². The van der Waals surface area contributed by atoms with Crippen LogP contribution in [0.2, 0.25) is 0 Å². The molecular formula is C22H28N2O10. The number of unbranched alkanes of at least 4 members (excludes halogenated alkanes) is 1. The minimum Gasteiger partial charge on any atom is -0.464 e. The molecule has 2 unspecified atom stereocenters. The third-order valence-corrected chi connectivity index (χ3v) is 3.94. The molecule has 0 N–H and O–H groups in total. The number of hydrogen-bond acceptors (Lipinski definition) is 12. The van der Waals surface area contributed by atoms with Crippen LogP contribution in [0.15, 0.2) is 34.8 Å². The minimum absolute atomic E-state index is 0.0981. The summed E-state index contributed by atoms with van der Waals surface area (Å²) in [7, 11) is 0. The second-order valence-corrected chi connectivity index (χ2v) is 6.80. The average Bonchev–Trinajstić information content (AvgIpc) is 2.81. The van der Waals surface area contributed by atoms with E-state index in [4.69, 9.17) is 18.9 Å². The maximum atomic E-state index is 12.1. The lowest BCUT2D eigenvalue weighted by atomic mass is 10.1. The number of carbonyl (C=O) groups is 4. The molecule has 186 valence electrons. The Bertz CT molecular complexity index is 826. The van der Waals surface area contributed by atoms with Gasteiger partial charge in [-0.2, -0.15) is 4.99 Å². The largest absolute Gasteiger partial charge is 0.464 e. The second-order valence-electron chi connectivity index (χ2n) is 6.80. The number of nitrogens with zero attached hydrogens (tertiary/aromatic N) is 2. The summed E-state index contributed by atoms with van der Waals surface area (Å²) in [6.45, 7) is 7.50. The zero-order chi connectivity index (χ0) is 25.8. The van der Waals surface area contributed by atoms with E-state index in [1.807, 2.05) is 0 Å². The topological polar surface area (TPSA) is 164 Å². The Morgan fingerprint density at radius 1 is 1.00 bits per heavy atom. The molecule has 0 aliphatic carbocycles. The maximum Gasteiger partial charge on any atom is 0.333 e. The van der Waals surface area contributed by atoms with Crippen LogP contribution in [0.25, 0.3) is 0 Å². The zero-order valence-corrected chi connectivity index (χ0v) is 19.0. The van der Waals surface area contributed by atoms with Crippen LogP contribution in [-0.2, 0) is 47.7 Å². The highest BCUT2D eigenvalue weighted by atomic mass is 16.6. The van der Waals surface area contributed by atoms with E-state index in [0.29, 0.717) is 12.8 Å². The van der Waals surface area contributed by atoms with Crippen LogP contribution in [0.3, 0.4) is 0 Å². The molecule has 0 spiro atoms. The normalized spacial score (nSPS) is 11.4. The van der Waals surface area contributed by atoms with Gasteiger partial charge in [0, 0.05) is 18.1 Å². The first kappa shape index (κ1) is 30.1. The Morgan fingerprint density at radius 3 is 2.32 bits per heavy atom. The molecule has 0 aromatic carbocycles. The van der Waals surface area contributed by atoms with Crippen molar-refractivity contribution in [1.82, 2.24) is 0 Å². The van der Waals surface area contributed by atoms with Gasteiger partial charge < -0.3 is 18.9 Å². The van der Waals surface area contributed by atoms with Crippen molar-refractivity contribution >= 4 is 36.0 Å². The summed E-state index contributed by atoms with van der Waals surface area (Å²) < 4.78 is 19.9. The third-order valence-electron chi connectivity index (χ3n) is 3.94. The molecule has 12 heteroatoms. The number of ether oxygens (including phenoxy) is 4. The highest BCUT2D eigenvalue weighted by molar-refractivity contribution is 5.87. The summed E-state index contributed by atoms with van der Waals surface area (Å²) in [6.07, 6.45) is 3.70. The number of carbonyl (C=O) groups excluding carboxylic acids is 6. The highest BCUT2D eigenvalue weighted by Crippen LogP contribution is 2.08. The first-order valence-electron chi connectivity index (χ1n) is 10.3. The van der Waals surface area contributed by atoms with Crippen molar-refractivity contribution in [3.63, 3.8) is 0 Å². The van der Waals surface area contributed by atoms with Crippen LogP contribution in [0.1, 0.15) is 39.0 Å². The van der Waals surface area contributed by atoms with Gasteiger partial charge in [-0.05, 0) is 32.6 Å². The van der Waals surface area contributed by atoms with Gasteiger partial charge in [-0.15, -0.1) is 0 Å². The van der Waals surface area contributed by atoms with Gasteiger partial charge in [0.25, 0.3) is 0 Å². The predicted octanol–water partition coefficient (Wildman–Crippen LogP) is 1.28. The van der Waals surface area contributed by atoms with Gasteiger partial charge in [0.1, 0.15) is 13.2 Å². The van der Waals surface area contributed by atoms with Crippen LogP contribution in [0, 0.1) is 0 Å². The van der Waals surface area contributed by atoms with Crippen molar-refractivity contribution in [2.24, 2.45) is 9.98 Å². The maximum absolute atomic E-state index is 12.1. The molecule has 0 aliphatic heterocycles. The van der Waals surface area contributed by atoms with Crippen molar-refractivity contribution in [2.45, 2.75) is 51.2 Å². The summed E-state index contributed by atoms with van der Waals surface area (Å²) in [5, 5.41) is 0. The second kappa shape index (κ2) is 18.7. The molecule has 0 saturated heterocycles. The molecule has 0 aromatic heterocycles. The fourth-order valence-corrected chi connectivity index (χ4v) is 2.25. The van der Waals surface area contributed by atoms with Crippen molar-refractivity contribution in [1.29, 1.82) is 0 Å². The van der Waals surface area contributed by atoms with Crippen LogP contribution < -0.4 is 0 Å². The van der Waals surface area contributed by atoms with E-state index < -0.39 is 36.0 Å². The lowest BCUT2D eigenvalue weighted by Gasteiger charge is -2.18. The smallest absolute Gasteiger partial charge is 0.333 e. The molecular weight excluding hydrogens is 452 g/mol. The molecule has 2 atom stereocenters. The van der Waals surface area contributed by atoms with E-state index in [0.717, 1.165) is 6.08 Å². The molecule has 0 amide bonds. The van der Waals surface area contributed by atoms with Crippen LogP contribution >= 0.6 is 0 Å². The van der Waals surface area contributed by atoms with Gasteiger partial charge in [-0.25, -0.2) is 29.0 Å². The van der Waals surface area contributed by atoms with E-state index in [-0.39, 0.29) is 51.2 Å². The first-order chi connectivity index (χ1) is 16.2. The molecule has 34 heavy (non-hydrogen) atoms. The van der Waals surface area contributed by atoms with Gasteiger partial charge in [-0.3, -0.25) is 4.79 Å². The minimum atomic E-state index is -1.06. The summed E-state index contributed by atoms with van der Waals surface area (Å²) >= 11 is 0. The van der Waals surface area contributed by atoms with Crippen molar-refractivity contribution in [3.05, 3.63) is 24.8 Å². The standard InChI is InChI=1S/C22H28N2O10/c1-4-19(27)32-12-17(13-33-21(29)16(2)3)34-20(28)9-7-11-31-22(30)18(24-15-26)8-5-6-10-23-14-25/h4,17-18H,1-2,5-13H2,3H3. The fraction of sp³-hybridized carbons (Fsp3) is 0.545. The van der Waals surface area contributed by atoms with Crippen LogP contribution in [-0.4, -0.2) is 74.5 Å². The molecule has 0 rings (SSSR count). The van der Waals surface area contributed by atoms with E-state index in [1.54, 1.807) is 0 Å². The Labute approximate surface area is 196 Å². The average molecular weight is 480 g/mol. The monoisotopic (exact) mass is 480 g/mol. The Kier molecular flexibility index (Phi) is 16.5. The summed E-state index contributed by atoms with van der Waals surface area (Å²) in [5.41, 5.74) is 0.140. The fourth-order valence-electron chi connectivity index (χ4n) is 2.25. The third kappa shape index (κ3) is 15.0. The van der Waals surface area contributed by atoms with Gasteiger partial charge in [0.05, 0.1) is 13.2 Å². The molecule has 0 bridgehead atoms. The van der Waals surface area contributed by atoms with Crippen LogP contribution in [0.5, 0.6) is 0 Å².